The number of aromatic nitrogens is 5. The number of halogens is 2. The van der Waals surface area contributed by atoms with E-state index in [4.69, 9.17) is 59.5 Å². The summed E-state index contributed by atoms with van der Waals surface area (Å²) in [5.74, 6) is 6.73. The van der Waals surface area contributed by atoms with E-state index in [1.54, 1.807) is 6.26 Å². The van der Waals surface area contributed by atoms with Gasteiger partial charge in [-0.05, 0) is 12.3 Å². The number of nitrogens with one attached hydrogen (secondary N) is 1. The van der Waals surface area contributed by atoms with Gasteiger partial charge in [0.05, 0.1) is 28.6 Å². The highest BCUT2D eigenvalue weighted by atomic mass is 35.5. The van der Waals surface area contributed by atoms with E-state index in [0.29, 0.717) is 28.2 Å². The number of thioether (sulfide) groups is 1. The van der Waals surface area contributed by atoms with Crippen LogP contribution < -0.4 is 27.2 Å². The van der Waals surface area contributed by atoms with Crippen LogP contribution in [0, 0.1) is 12.3 Å². The van der Waals surface area contributed by atoms with Gasteiger partial charge in [0.15, 0.2) is 0 Å². The molecule has 0 atom stereocenters. The van der Waals surface area contributed by atoms with Gasteiger partial charge in [-0.1, -0.05) is 82.4 Å². The summed E-state index contributed by atoms with van der Waals surface area (Å²) in [5.41, 5.74) is -0.328. The number of ether oxygens (including phenoxy) is 1. The second-order valence-corrected chi connectivity index (χ2v) is 14.4. The second kappa shape index (κ2) is 17.0. The van der Waals surface area contributed by atoms with Crippen molar-refractivity contribution >= 4 is 48.5 Å². The number of hydrogen-bond acceptors (Lipinski definition) is 12. The summed E-state index contributed by atoms with van der Waals surface area (Å²) >= 11 is 13.5. The molecule has 0 fully saturated rings. The molecular weight excluding hydrogens is 688 g/mol. The highest BCUT2D eigenvalue weighted by Gasteiger charge is 2.25. The fraction of sp³-hybridized carbons (Fsp3) is 0.462. The van der Waals surface area contributed by atoms with Gasteiger partial charge in [-0.3, -0.25) is 19.5 Å². The number of benzene rings is 1. The van der Waals surface area contributed by atoms with E-state index < -0.39 is 37.6 Å². The average molecular weight is 725 g/mol. The summed E-state index contributed by atoms with van der Waals surface area (Å²) in [7, 11) is -4.10. The number of hydrogen-bond donors (Lipinski definition) is 5. The van der Waals surface area contributed by atoms with E-state index in [1.165, 1.54) is 23.9 Å². The number of aliphatic carboxylic acids is 1. The van der Waals surface area contributed by atoms with E-state index in [1.807, 2.05) is 41.5 Å². The third kappa shape index (κ3) is 12.8. The largest absolute Gasteiger partial charge is 0.480 e. The standard InChI is InChI=1S/C15H14Cl2N2O3.C8H14N4OS.C3H8NO5P/c1-5-6-21-12-8-11(9(16)7-10(12)17)19-14(20)22-13(18-19)15(2,3)4;1-8(2,3)5-6(13)12(9)7(14-4)11-10-5;5-3(6)1-4-2-10(7,8)9/h1,7-8H,6H2,2-4H3;9H2,1-4H3;4H,1-2H2,(H,5,6)(H2,7,8,9). The summed E-state index contributed by atoms with van der Waals surface area (Å²) in [6.07, 6.45) is 6.35. The van der Waals surface area contributed by atoms with Crippen LogP contribution in [0.25, 0.3) is 5.69 Å². The fourth-order valence-electron chi connectivity index (χ4n) is 2.95. The molecule has 254 valence electrons. The lowest BCUT2D eigenvalue weighted by Gasteiger charge is -2.16. The van der Waals surface area contributed by atoms with Crippen LogP contribution in [0.1, 0.15) is 53.1 Å². The Labute approximate surface area is 278 Å². The molecule has 6 N–H and O–H groups in total. The monoisotopic (exact) mass is 723 g/mol. The Kier molecular flexibility index (Phi) is 15.0. The number of carboxylic acid groups (broad SMARTS) is 1. The molecule has 0 amide bonds. The van der Waals surface area contributed by atoms with Crippen molar-refractivity contribution in [2.45, 2.75) is 57.5 Å². The molecule has 0 spiro atoms. The van der Waals surface area contributed by atoms with Crippen LogP contribution in [-0.4, -0.2) is 71.2 Å². The molecule has 2 heterocycles. The maximum absolute atomic E-state index is 12.0. The van der Waals surface area contributed by atoms with Gasteiger partial charge in [0.25, 0.3) is 5.56 Å². The smallest absolute Gasteiger partial charge is 0.442 e. The van der Waals surface area contributed by atoms with E-state index in [0.717, 1.165) is 9.36 Å². The minimum Gasteiger partial charge on any atom is -0.480 e. The summed E-state index contributed by atoms with van der Waals surface area (Å²) in [6, 6.07) is 2.96. The number of carbonyl (C=O) groups is 1. The Bertz CT molecular complexity index is 1720. The van der Waals surface area contributed by atoms with Gasteiger partial charge >= 0.3 is 19.3 Å². The van der Waals surface area contributed by atoms with Crippen LogP contribution >= 0.6 is 42.6 Å². The molecule has 0 radical (unpaired) electrons. The number of terminal acetylenes is 1. The van der Waals surface area contributed by atoms with E-state index in [9.17, 15) is 18.9 Å². The summed E-state index contributed by atoms with van der Waals surface area (Å²) < 4.78 is 22.7. The Morgan fingerprint density at radius 2 is 1.76 bits per heavy atom. The minimum absolute atomic E-state index is 0.0434. The van der Waals surface area contributed by atoms with E-state index in [2.05, 4.69) is 26.5 Å². The first-order chi connectivity index (χ1) is 21.0. The van der Waals surface area contributed by atoms with Crippen LogP contribution in [0.15, 0.2) is 31.3 Å². The van der Waals surface area contributed by atoms with E-state index in [-0.39, 0.29) is 27.6 Å². The van der Waals surface area contributed by atoms with Crippen molar-refractivity contribution in [3.8, 4) is 23.8 Å². The molecule has 3 rings (SSSR count). The van der Waals surface area contributed by atoms with Crippen molar-refractivity contribution in [2.75, 3.05) is 31.5 Å². The summed E-state index contributed by atoms with van der Waals surface area (Å²) in [5, 5.41) is 23.0. The predicted octanol–water partition coefficient (Wildman–Crippen LogP) is 2.61. The molecule has 0 saturated heterocycles. The van der Waals surface area contributed by atoms with Gasteiger partial charge in [-0.15, -0.1) is 21.7 Å². The first-order valence-corrected chi connectivity index (χ1v) is 16.7. The lowest BCUT2D eigenvalue weighted by atomic mass is 9.93. The van der Waals surface area contributed by atoms with Crippen LogP contribution in [-0.2, 0) is 20.2 Å². The summed E-state index contributed by atoms with van der Waals surface area (Å²) in [4.78, 5) is 49.9. The molecular formula is C26H36Cl2N7O9PS. The molecule has 16 nitrogen and oxygen atoms in total. The fourth-order valence-corrected chi connectivity index (χ4v) is 4.27. The maximum Gasteiger partial charge on any atom is 0.442 e. The van der Waals surface area contributed by atoms with Crippen molar-refractivity contribution in [3.05, 3.63) is 54.7 Å². The quantitative estimate of drug-likeness (QED) is 0.0972. The molecule has 0 aliphatic heterocycles. The maximum atomic E-state index is 12.0. The summed E-state index contributed by atoms with van der Waals surface area (Å²) in [6.45, 7) is 11.0. The number of nitrogens with zero attached hydrogens (tertiary/aromatic N) is 5. The van der Waals surface area contributed by atoms with Crippen LogP contribution in [0.5, 0.6) is 5.75 Å². The van der Waals surface area contributed by atoms with E-state index >= 15 is 0 Å². The average Bonchev–Trinajstić information content (AvgIpc) is 3.31. The lowest BCUT2D eigenvalue weighted by molar-refractivity contribution is -0.135. The number of rotatable bonds is 8. The molecule has 3 aromatic rings. The van der Waals surface area contributed by atoms with Crippen LogP contribution in [0.3, 0.4) is 0 Å². The number of carboxylic acids is 1. The van der Waals surface area contributed by atoms with Gasteiger partial charge in [-0.25, -0.2) is 4.79 Å². The Balaban J connectivity index is 0.000000379. The molecule has 46 heavy (non-hydrogen) atoms. The van der Waals surface area contributed by atoms with Gasteiger partial charge < -0.3 is 29.9 Å². The third-order valence-corrected chi connectivity index (χ3v) is 6.96. The zero-order chi connectivity index (χ0) is 35.6. The van der Waals surface area contributed by atoms with Crippen molar-refractivity contribution in [2.24, 2.45) is 0 Å². The molecule has 0 aliphatic carbocycles. The van der Waals surface area contributed by atoms with Crippen LogP contribution in [0.2, 0.25) is 10.0 Å². The van der Waals surface area contributed by atoms with Gasteiger partial charge in [0, 0.05) is 16.9 Å². The highest BCUT2D eigenvalue weighted by molar-refractivity contribution is 7.98. The first kappa shape index (κ1) is 40.7. The van der Waals surface area contributed by atoms with Crippen molar-refractivity contribution in [3.63, 3.8) is 0 Å². The molecule has 0 aliphatic rings. The SMILES string of the molecule is C#CCOc1cc(-n2nc(C(C)(C)C)oc2=O)c(Cl)cc1Cl.CSc1nnc(C(C)(C)C)c(=O)n1N.O=C(O)CNCP(=O)(O)O. The van der Waals surface area contributed by atoms with Crippen LogP contribution in [0.4, 0.5) is 0 Å². The third-order valence-electron chi connectivity index (χ3n) is 5.08. The predicted molar refractivity (Wildman–Crippen MR) is 175 cm³/mol. The highest BCUT2D eigenvalue weighted by Crippen LogP contribution is 2.33. The molecule has 20 heteroatoms. The molecule has 0 saturated carbocycles. The minimum atomic E-state index is -4.10. The Morgan fingerprint density at radius 1 is 1.15 bits per heavy atom. The second-order valence-electron chi connectivity index (χ2n) is 11.2. The lowest BCUT2D eigenvalue weighted by Crippen LogP contribution is -2.37. The molecule has 0 bridgehead atoms. The zero-order valence-corrected chi connectivity index (χ0v) is 29.3. The Morgan fingerprint density at radius 3 is 2.22 bits per heavy atom. The molecule has 0 unspecified atom stereocenters. The zero-order valence-electron chi connectivity index (χ0n) is 26.1. The van der Waals surface area contributed by atoms with Crippen molar-refractivity contribution in [1.82, 2.24) is 30.0 Å². The van der Waals surface area contributed by atoms with Gasteiger partial charge in [0.1, 0.15) is 18.1 Å². The molecule has 2 aromatic heterocycles. The number of nitrogens with two attached hydrogens (primary N) is 1. The van der Waals surface area contributed by atoms with Crippen molar-refractivity contribution < 1.29 is 33.4 Å². The molecule has 1 aromatic carbocycles. The normalized spacial score (nSPS) is 11.4. The topological polar surface area (TPSA) is 238 Å². The Hall–Kier alpha value is -3.36. The number of nitrogen functional groups attached to an aromatic ring is 1. The van der Waals surface area contributed by atoms with Gasteiger partial charge in [0.2, 0.25) is 11.0 Å². The first-order valence-electron chi connectivity index (χ1n) is 13.0. The van der Waals surface area contributed by atoms with Gasteiger partial charge in [-0.2, -0.15) is 9.36 Å². The van der Waals surface area contributed by atoms with Crippen molar-refractivity contribution in [1.29, 1.82) is 0 Å².